The summed E-state index contributed by atoms with van der Waals surface area (Å²) < 4.78 is 0. The lowest BCUT2D eigenvalue weighted by atomic mass is 10.2. The van der Waals surface area contributed by atoms with Crippen molar-refractivity contribution in [3.63, 3.8) is 0 Å². The second-order valence-electron chi connectivity index (χ2n) is 6.64. The zero-order valence-corrected chi connectivity index (χ0v) is 15.4. The highest BCUT2D eigenvalue weighted by Gasteiger charge is 2.06. The number of hydrogen-bond acceptors (Lipinski definition) is 5. The third-order valence-electron chi connectivity index (χ3n) is 4.09. The van der Waals surface area contributed by atoms with Crippen LogP contribution in [0.2, 0.25) is 0 Å². The van der Waals surface area contributed by atoms with Crippen LogP contribution in [0.3, 0.4) is 0 Å². The van der Waals surface area contributed by atoms with Crippen LogP contribution in [0.15, 0.2) is 67.1 Å². The molecule has 5 nitrogen and oxygen atoms in total. The number of pyridine rings is 3. The van der Waals surface area contributed by atoms with Gasteiger partial charge in [-0.25, -0.2) is 0 Å². The zero-order valence-electron chi connectivity index (χ0n) is 15.4. The summed E-state index contributed by atoms with van der Waals surface area (Å²) in [6.45, 7) is 3.31. The van der Waals surface area contributed by atoms with Gasteiger partial charge in [0.1, 0.15) is 0 Å². The molecule has 0 fully saturated rings. The van der Waals surface area contributed by atoms with Crippen LogP contribution >= 0.6 is 0 Å². The van der Waals surface area contributed by atoms with Gasteiger partial charge in [0.15, 0.2) is 0 Å². The molecule has 0 atom stereocenters. The predicted molar refractivity (Wildman–Crippen MR) is 103 cm³/mol. The van der Waals surface area contributed by atoms with Gasteiger partial charge in [0.05, 0.1) is 17.1 Å². The van der Waals surface area contributed by atoms with Crippen molar-refractivity contribution in [1.82, 2.24) is 24.8 Å². The van der Waals surface area contributed by atoms with E-state index >= 15 is 0 Å². The first kappa shape index (κ1) is 18.2. The van der Waals surface area contributed by atoms with Crippen molar-refractivity contribution in [2.75, 3.05) is 14.1 Å². The maximum absolute atomic E-state index is 4.62. The Morgan fingerprint density at radius 3 is 1.62 bits per heavy atom. The molecule has 26 heavy (non-hydrogen) atoms. The number of nitrogens with zero attached hydrogens (tertiary/aromatic N) is 5. The first-order valence-electron chi connectivity index (χ1n) is 8.80. The lowest BCUT2D eigenvalue weighted by molar-refractivity contribution is 0.308. The quantitative estimate of drug-likeness (QED) is 0.626. The highest BCUT2D eigenvalue weighted by molar-refractivity contribution is 5.14. The van der Waals surface area contributed by atoms with Crippen molar-refractivity contribution in [3.05, 3.63) is 89.8 Å². The minimum absolute atomic E-state index is 0.806. The Balaban J connectivity index is 1.50. The van der Waals surface area contributed by atoms with Gasteiger partial charge in [0.2, 0.25) is 0 Å². The van der Waals surface area contributed by atoms with Crippen molar-refractivity contribution >= 4 is 0 Å². The Labute approximate surface area is 155 Å². The molecule has 3 rings (SSSR count). The zero-order chi connectivity index (χ0) is 18.2. The smallest absolute Gasteiger partial charge is 0.0544 e. The first-order valence-corrected chi connectivity index (χ1v) is 8.80. The van der Waals surface area contributed by atoms with Gasteiger partial charge in [-0.1, -0.05) is 18.2 Å². The summed E-state index contributed by atoms with van der Waals surface area (Å²) in [5.41, 5.74) is 4.43. The maximum atomic E-state index is 4.62. The summed E-state index contributed by atoms with van der Waals surface area (Å²) >= 11 is 0. The van der Waals surface area contributed by atoms with E-state index in [1.54, 1.807) is 0 Å². The minimum Gasteiger partial charge on any atom is -0.296 e. The van der Waals surface area contributed by atoms with E-state index < -0.39 is 0 Å². The van der Waals surface area contributed by atoms with Gasteiger partial charge < -0.3 is 0 Å². The summed E-state index contributed by atoms with van der Waals surface area (Å²) in [4.78, 5) is 17.8. The lowest BCUT2D eigenvalue weighted by Crippen LogP contribution is -2.19. The average molecular weight is 347 g/mol. The van der Waals surface area contributed by atoms with E-state index in [2.05, 4.69) is 57.0 Å². The van der Waals surface area contributed by atoms with Crippen LogP contribution in [0, 0.1) is 0 Å². The van der Waals surface area contributed by atoms with E-state index in [-0.39, 0.29) is 0 Å². The normalized spacial score (nSPS) is 11.2. The van der Waals surface area contributed by atoms with Gasteiger partial charge in [-0.05, 0) is 50.0 Å². The Morgan fingerprint density at radius 2 is 1.15 bits per heavy atom. The summed E-state index contributed by atoms with van der Waals surface area (Å²) in [6, 6.07) is 16.3. The molecule has 0 saturated heterocycles. The standard InChI is InChI=1S/C21H25N5/c1-25(15-19-7-3-5-11-22-19)14-18-9-10-21(24-13-18)17-26(2)16-20-8-4-6-12-23-20/h3-13H,14-17H2,1-2H3. The average Bonchev–Trinajstić information content (AvgIpc) is 2.65. The largest absolute Gasteiger partial charge is 0.296 e. The molecule has 0 aromatic carbocycles. The molecule has 0 aliphatic rings. The van der Waals surface area contributed by atoms with Crippen molar-refractivity contribution in [2.24, 2.45) is 0 Å². The van der Waals surface area contributed by atoms with Crippen LogP contribution in [-0.4, -0.2) is 38.8 Å². The first-order chi connectivity index (χ1) is 12.7. The topological polar surface area (TPSA) is 45.2 Å². The number of hydrogen-bond donors (Lipinski definition) is 0. The highest BCUT2D eigenvalue weighted by atomic mass is 15.1. The Hall–Kier alpha value is -2.63. The van der Waals surface area contributed by atoms with E-state index in [0.29, 0.717) is 0 Å². The monoisotopic (exact) mass is 347 g/mol. The van der Waals surface area contributed by atoms with E-state index in [0.717, 1.165) is 43.3 Å². The molecule has 0 spiro atoms. The van der Waals surface area contributed by atoms with Crippen molar-refractivity contribution in [3.8, 4) is 0 Å². The second-order valence-corrected chi connectivity index (χ2v) is 6.64. The van der Waals surface area contributed by atoms with Crippen LogP contribution in [0.1, 0.15) is 22.6 Å². The molecule has 3 heterocycles. The minimum atomic E-state index is 0.806. The fraction of sp³-hybridized carbons (Fsp3) is 0.286. The van der Waals surface area contributed by atoms with Crippen LogP contribution in [-0.2, 0) is 26.2 Å². The molecule has 3 aromatic rings. The Kier molecular flexibility index (Phi) is 6.41. The van der Waals surface area contributed by atoms with Gasteiger partial charge >= 0.3 is 0 Å². The molecule has 0 unspecified atom stereocenters. The number of aromatic nitrogens is 3. The van der Waals surface area contributed by atoms with Crippen LogP contribution in [0.25, 0.3) is 0 Å². The third-order valence-corrected chi connectivity index (χ3v) is 4.09. The van der Waals surface area contributed by atoms with Gasteiger partial charge in [-0.3, -0.25) is 24.8 Å². The van der Waals surface area contributed by atoms with Gasteiger partial charge in [-0.15, -0.1) is 0 Å². The molecule has 3 aromatic heterocycles. The molecule has 0 N–H and O–H groups in total. The SMILES string of the molecule is CN(Cc1ccc(CN(C)Cc2ccccn2)nc1)Cc1ccccn1. The predicted octanol–water partition coefficient (Wildman–Crippen LogP) is 3.14. The summed E-state index contributed by atoms with van der Waals surface area (Å²) in [7, 11) is 4.19. The fourth-order valence-corrected chi connectivity index (χ4v) is 2.88. The third kappa shape index (κ3) is 5.72. The van der Waals surface area contributed by atoms with E-state index in [1.807, 2.05) is 48.9 Å². The molecule has 134 valence electrons. The molecule has 0 bridgehead atoms. The van der Waals surface area contributed by atoms with Crippen molar-refractivity contribution in [1.29, 1.82) is 0 Å². The molecule has 5 heteroatoms. The molecule has 0 aliphatic heterocycles. The summed E-state index contributed by atoms with van der Waals surface area (Å²) in [5.74, 6) is 0. The van der Waals surface area contributed by atoms with Gasteiger partial charge in [0, 0.05) is 44.8 Å². The highest BCUT2D eigenvalue weighted by Crippen LogP contribution is 2.09. The van der Waals surface area contributed by atoms with Crippen LogP contribution in [0.4, 0.5) is 0 Å². The van der Waals surface area contributed by atoms with E-state index in [9.17, 15) is 0 Å². The molecule has 0 saturated carbocycles. The molecular formula is C21H25N5. The Bertz CT molecular complexity index is 706. The second kappa shape index (κ2) is 9.17. The van der Waals surface area contributed by atoms with E-state index in [4.69, 9.17) is 0 Å². The maximum Gasteiger partial charge on any atom is 0.0544 e. The van der Waals surface area contributed by atoms with E-state index in [1.165, 1.54) is 5.56 Å². The molecule has 0 aliphatic carbocycles. The molecular weight excluding hydrogens is 322 g/mol. The van der Waals surface area contributed by atoms with Crippen molar-refractivity contribution < 1.29 is 0 Å². The van der Waals surface area contributed by atoms with Crippen molar-refractivity contribution in [2.45, 2.75) is 26.2 Å². The lowest BCUT2D eigenvalue weighted by Gasteiger charge is -2.17. The summed E-state index contributed by atoms with van der Waals surface area (Å²) in [5, 5.41) is 0. The van der Waals surface area contributed by atoms with Gasteiger partial charge in [-0.2, -0.15) is 0 Å². The fourth-order valence-electron chi connectivity index (χ4n) is 2.88. The molecule has 0 radical (unpaired) electrons. The van der Waals surface area contributed by atoms with Crippen LogP contribution < -0.4 is 0 Å². The summed E-state index contributed by atoms with van der Waals surface area (Å²) in [6.07, 6.45) is 5.64. The molecule has 0 amide bonds. The Morgan fingerprint density at radius 1 is 0.615 bits per heavy atom. The van der Waals surface area contributed by atoms with Gasteiger partial charge in [0.25, 0.3) is 0 Å². The number of rotatable bonds is 8. The van der Waals surface area contributed by atoms with Crippen LogP contribution in [0.5, 0.6) is 0 Å².